The molecule has 5 heteroatoms. The number of nitrogens with one attached hydrogen (secondary N) is 1. The van der Waals surface area contributed by atoms with Crippen molar-refractivity contribution in [2.45, 2.75) is 44.6 Å². The number of benzene rings is 1. The summed E-state index contributed by atoms with van der Waals surface area (Å²) in [5, 5.41) is 2.86. The van der Waals surface area contributed by atoms with E-state index >= 15 is 0 Å². The number of carbonyl (C=O) groups excluding carboxylic acids is 2. The summed E-state index contributed by atoms with van der Waals surface area (Å²) in [5.41, 5.74) is 0.242. The first kappa shape index (κ1) is 14.0. The van der Waals surface area contributed by atoms with Crippen molar-refractivity contribution in [3.05, 3.63) is 29.6 Å². The number of piperazine rings is 1. The molecule has 2 fully saturated rings. The summed E-state index contributed by atoms with van der Waals surface area (Å²) in [4.78, 5) is 26.2. The third-order valence-corrected chi connectivity index (χ3v) is 4.43. The molecular weight excluding hydrogens is 271 g/mol. The molecule has 1 aliphatic heterocycles. The first-order chi connectivity index (χ1) is 10.0. The Morgan fingerprint density at radius 1 is 1.19 bits per heavy atom. The van der Waals surface area contributed by atoms with Gasteiger partial charge in [-0.2, -0.15) is 0 Å². The highest BCUT2D eigenvalue weighted by Gasteiger charge is 2.47. The highest BCUT2D eigenvalue weighted by Crippen LogP contribution is 2.34. The van der Waals surface area contributed by atoms with Gasteiger partial charge >= 0.3 is 0 Å². The highest BCUT2D eigenvalue weighted by molar-refractivity contribution is 6.09. The van der Waals surface area contributed by atoms with Crippen molar-refractivity contribution in [2.24, 2.45) is 0 Å². The van der Waals surface area contributed by atoms with E-state index in [1.807, 2.05) is 6.92 Å². The van der Waals surface area contributed by atoms with Crippen LogP contribution in [0.3, 0.4) is 0 Å². The largest absolute Gasteiger partial charge is 0.340 e. The minimum Gasteiger partial charge on any atom is -0.340 e. The molecule has 1 N–H and O–H groups in total. The van der Waals surface area contributed by atoms with Crippen molar-refractivity contribution in [3.63, 3.8) is 0 Å². The zero-order chi connectivity index (χ0) is 15.0. The van der Waals surface area contributed by atoms with Crippen molar-refractivity contribution in [2.75, 3.05) is 11.4 Å². The monoisotopic (exact) mass is 290 g/mol. The molecule has 1 aromatic rings. The van der Waals surface area contributed by atoms with Crippen molar-refractivity contribution < 1.29 is 14.0 Å². The van der Waals surface area contributed by atoms with Crippen LogP contribution in [0.2, 0.25) is 0 Å². The summed E-state index contributed by atoms with van der Waals surface area (Å²) >= 11 is 0. The van der Waals surface area contributed by atoms with E-state index < -0.39 is 11.4 Å². The lowest BCUT2D eigenvalue weighted by atomic mass is 9.79. The van der Waals surface area contributed by atoms with Gasteiger partial charge in [-0.05, 0) is 37.5 Å². The van der Waals surface area contributed by atoms with Gasteiger partial charge in [0.25, 0.3) is 5.91 Å². The van der Waals surface area contributed by atoms with Gasteiger partial charge in [-0.3, -0.25) is 14.5 Å². The zero-order valence-corrected chi connectivity index (χ0v) is 12.1. The summed E-state index contributed by atoms with van der Waals surface area (Å²) in [5.74, 6) is -0.849. The average molecular weight is 290 g/mol. The maximum atomic E-state index is 14.1. The summed E-state index contributed by atoms with van der Waals surface area (Å²) in [6.07, 6.45) is 4.18. The zero-order valence-electron chi connectivity index (χ0n) is 12.1. The van der Waals surface area contributed by atoms with E-state index in [0.29, 0.717) is 12.8 Å². The number of amides is 2. The van der Waals surface area contributed by atoms with Crippen molar-refractivity contribution in [1.82, 2.24) is 5.32 Å². The quantitative estimate of drug-likeness (QED) is 0.863. The molecule has 1 saturated carbocycles. The Labute approximate surface area is 123 Å². The fourth-order valence-corrected chi connectivity index (χ4v) is 3.35. The fraction of sp³-hybridized carbons (Fsp3) is 0.500. The molecule has 1 heterocycles. The number of rotatable bonds is 1. The predicted molar refractivity (Wildman–Crippen MR) is 77.4 cm³/mol. The molecule has 3 rings (SSSR count). The van der Waals surface area contributed by atoms with Crippen LogP contribution in [0.1, 0.15) is 37.7 Å². The molecule has 0 bridgehead atoms. The van der Waals surface area contributed by atoms with Gasteiger partial charge in [0.1, 0.15) is 17.9 Å². The van der Waals surface area contributed by atoms with Crippen LogP contribution >= 0.6 is 0 Å². The predicted octanol–water partition coefficient (Wildman–Crippen LogP) is 2.30. The molecule has 112 valence electrons. The summed E-state index contributed by atoms with van der Waals surface area (Å²) in [6.45, 7) is 1.73. The molecule has 21 heavy (non-hydrogen) atoms. The second-order valence-corrected chi connectivity index (χ2v) is 6.04. The Hall–Kier alpha value is -1.91. The second-order valence-electron chi connectivity index (χ2n) is 6.04. The standard InChI is InChI=1S/C16H19FN2O2/c1-11-5-6-12(17)13(9-11)19-10-14(20)18-16(15(19)21)7-3-2-4-8-16/h5-6,9H,2-4,7-8,10H2,1H3,(H,18,20). The van der Waals surface area contributed by atoms with Crippen LogP contribution in [0.4, 0.5) is 10.1 Å². The lowest BCUT2D eigenvalue weighted by Crippen LogP contribution is -2.67. The smallest absolute Gasteiger partial charge is 0.253 e. The van der Waals surface area contributed by atoms with Gasteiger partial charge in [-0.1, -0.05) is 25.3 Å². The molecule has 4 nitrogen and oxygen atoms in total. The van der Waals surface area contributed by atoms with Crippen LogP contribution in [0.15, 0.2) is 18.2 Å². The molecule has 1 aromatic carbocycles. The van der Waals surface area contributed by atoms with E-state index in [4.69, 9.17) is 0 Å². The SMILES string of the molecule is Cc1ccc(F)c(N2CC(=O)NC3(CCCCC3)C2=O)c1. The van der Waals surface area contributed by atoms with E-state index in [0.717, 1.165) is 24.8 Å². The molecular formula is C16H19FN2O2. The van der Waals surface area contributed by atoms with E-state index in [-0.39, 0.29) is 24.0 Å². The van der Waals surface area contributed by atoms with Crippen molar-refractivity contribution in [3.8, 4) is 0 Å². The van der Waals surface area contributed by atoms with Crippen molar-refractivity contribution >= 4 is 17.5 Å². The molecule has 1 aliphatic carbocycles. The van der Waals surface area contributed by atoms with Gasteiger partial charge in [-0.25, -0.2) is 4.39 Å². The Morgan fingerprint density at radius 3 is 2.62 bits per heavy atom. The number of aryl methyl sites for hydroxylation is 1. The Kier molecular flexibility index (Phi) is 3.43. The number of nitrogens with zero attached hydrogens (tertiary/aromatic N) is 1. The fourth-order valence-electron chi connectivity index (χ4n) is 3.35. The number of anilines is 1. The Bertz CT molecular complexity index is 594. The average Bonchev–Trinajstić information content (AvgIpc) is 2.47. The van der Waals surface area contributed by atoms with Crippen LogP contribution < -0.4 is 10.2 Å². The van der Waals surface area contributed by atoms with Gasteiger partial charge < -0.3 is 5.32 Å². The number of carbonyl (C=O) groups is 2. The highest BCUT2D eigenvalue weighted by atomic mass is 19.1. The van der Waals surface area contributed by atoms with Crippen LogP contribution in [-0.2, 0) is 9.59 Å². The van der Waals surface area contributed by atoms with Gasteiger partial charge in [-0.15, -0.1) is 0 Å². The Balaban J connectivity index is 1.99. The molecule has 0 atom stereocenters. The van der Waals surface area contributed by atoms with Crippen LogP contribution in [0, 0.1) is 12.7 Å². The van der Waals surface area contributed by atoms with Crippen molar-refractivity contribution in [1.29, 1.82) is 0 Å². The van der Waals surface area contributed by atoms with Crippen LogP contribution in [-0.4, -0.2) is 23.9 Å². The third kappa shape index (κ3) is 2.41. The number of halogens is 1. The first-order valence-electron chi connectivity index (χ1n) is 7.41. The maximum absolute atomic E-state index is 14.1. The second kappa shape index (κ2) is 5.13. The molecule has 1 spiro atoms. The molecule has 2 amide bonds. The number of hydrogen-bond donors (Lipinski definition) is 1. The minimum atomic E-state index is -0.830. The summed E-state index contributed by atoms with van der Waals surface area (Å²) < 4.78 is 14.1. The lowest BCUT2D eigenvalue weighted by Gasteiger charge is -2.44. The van der Waals surface area contributed by atoms with Crippen LogP contribution in [0.25, 0.3) is 0 Å². The van der Waals surface area contributed by atoms with Crippen LogP contribution in [0.5, 0.6) is 0 Å². The molecule has 2 aliphatic rings. The summed E-state index contributed by atoms with van der Waals surface area (Å²) in [7, 11) is 0. The van der Waals surface area contributed by atoms with Gasteiger partial charge in [0.2, 0.25) is 5.91 Å². The third-order valence-electron chi connectivity index (χ3n) is 4.43. The van der Waals surface area contributed by atoms with E-state index in [1.54, 1.807) is 12.1 Å². The summed E-state index contributed by atoms with van der Waals surface area (Å²) in [6, 6.07) is 4.63. The normalized spacial score (nSPS) is 21.5. The van der Waals surface area contributed by atoms with E-state index in [9.17, 15) is 14.0 Å². The molecule has 1 saturated heterocycles. The van der Waals surface area contributed by atoms with Gasteiger partial charge in [0, 0.05) is 0 Å². The topological polar surface area (TPSA) is 49.4 Å². The molecule has 0 unspecified atom stereocenters. The van der Waals surface area contributed by atoms with E-state index in [1.165, 1.54) is 11.0 Å². The van der Waals surface area contributed by atoms with Gasteiger partial charge in [0.05, 0.1) is 5.69 Å². The molecule has 0 aromatic heterocycles. The maximum Gasteiger partial charge on any atom is 0.253 e. The van der Waals surface area contributed by atoms with E-state index in [2.05, 4.69) is 5.32 Å². The molecule has 0 radical (unpaired) electrons. The van der Waals surface area contributed by atoms with Gasteiger partial charge in [0.15, 0.2) is 0 Å². The lowest BCUT2D eigenvalue weighted by molar-refractivity contribution is -0.137. The Morgan fingerprint density at radius 2 is 1.90 bits per heavy atom. The first-order valence-corrected chi connectivity index (χ1v) is 7.41. The number of hydrogen-bond acceptors (Lipinski definition) is 2. The minimum absolute atomic E-state index is 0.110.